The van der Waals surface area contributed by atoms with Crippen LogP contribution in [0, 0.1) is 0 Å². The summed E-state index contributed by atoms with van der Waals surface area (Å²) in [5.41, 5.74) is 2.99. The minimum atomic E-state index is -0.526. The number of hydrogen-bond acceptors (Lipinski definition) is 5. The van der Waals surface area contributed by atoms with Gasteiger partial charge < -0.3 is 9.84 Å². The lowest BCUT2D eigenvalue weighted by Gasteiger charge is -2.16. The molecule has 1 saturated carbocycles. The molecular weight excluding hydrogens is 340 g/mol. The fourth-order valence-corrected chi connectivity index (χ4v) is 2.99. The molecule has 138 valence electrons. The largest absolute Gasteiger partial charge is 0.349 e. The first-order chi connectivity index (χ1) is 13.1. The van der Waals surface area contributed by atoms with Gasteiger partial charge in [0.15, 0.2) is 0 Å². The highest BCUT2D eigenvalue weighted by atomic mass is 16.5. The first kappa shape index (κ1) is 17.4. The number of pyridine rings is 1. The zero-order valence-corrected chi connectivity index (χ0v) is 15.4. The molecule has 2 heterocycles. The highest BCUT2D eigenvalue weighted by Gasteiger charge is 2.26. The Bertz CT molecular complexity index is 934. The maximum atomic E-state index is 12.6. The topological polar surface area (TPSA) is 80.9 Å². The molecule has 0 saturated heterocycles. The first-order valence-corrected chi connectivity index (χ1v) is 9.27. The van der Waals surface area contributed by atoms with Gasteiger partial charge in [-0.3, -0.25) is 9.78 Å². The second-order valence-electron chi connectivity index (χ2n) is 7.06. The molecule has 3 aromatic rings. The predicted octanol–water partition coefficient (Wildman–Crippen LogP) is 3.99. The van der Waals surface area contributed by atoms with E-state index in [4.69, 9.17) is 4.52 Å². The molecular formula is C21H22N4O2. The number of carbonyl (C=O) groups is 1. The third-order valence-corrected chi connectivity index (χ3v) is 4.90. The van der Waals surface area contributed by atoms with Gasteiger partial charge in [0.1, 0.15) is 5.92 Å². The second-order valence-corrected chi connectivity index (χ2v) is 7.06. The van der Waals surface area contributed by atoms with Gasteiger partial charge in [0.2, 0.25) is 17.6 Å². The number of nitrogens with zero attached hydrogens (tertiary/aromatic N) is 3. The molecule has 1 aliphatic carbocycles. The SMILES string of the molecule is CC(C(=O)N[C@H](C)c1ccccc1)c1nc(-c2ccnc(C3CC3)c2)no1. The van der Waals surface area contributed by atoms with Crippen molar-refractivity contribution in [2.24, 2.45) is 0 Å². The molecule has 0 radical (unpaired) electrons. The maximum absolute atomic E-state index is 12.6. The van der Waals surface area contributed by atoms with Gasteiger partial charge in [-0.25, -0.2) is 0 Å². The monoisotopic (exact) mass is 362 g/mol. The van der Waals surface area contributed by atoms with Gasteiger partial charge in [-0.1, -0.05) is 35.5 Å². The number of amides is 1. The lowest BCUT2D eigenvalue weighted by Crippen LogP contribution is -2.30. The van der Waals surface area contributed by atoms with E-state index >= 15 is 0 Å². The van der Waals surface area contributed by atoms with Gasteiger partial charge in [0.25, 0.3) is 0 Å². The first-order valence-electron chi connectivity index (χ1n) is 9.27. The Morgan fingerprint density at radius 2 is 1.96 bits per heavy atom. The molecule has 0 spiro atoms. The molecule has 0 bridgehead atoms. The zero-order valence-electron chi connectivity index (χ0n) is 15.4. The van der Waals surface area contributed by atoms with E-state index in [1.54, 1.807) is 13.1 Å². The van der Waals surface area contributed by atoms with Gasteiger partial charge in [0, 0.05) is 23.4 Å². The van der Waals surface area contributed by atoms with Crippen LogP contribution in [0.4, 0.5) is 0 Å². The number of benzene rings is 1. The van der Waals surface area contributed by atoms with Gasteiger partial charge in [-0.05, 0) is 44.4 Å². The number of nitrogens with one attached hydrogen (secondary N) is 1. The summed E-state index contributed by atoms with van der Waals surface area (Å²) in [6.45, 7) is 3.72. The number of hydrogen-bond donors (Lipinski definition) is 1. The van der Waals surface area contributed by atoms with Crippen LogP contribution in [0.1, 0.15) is 61.7 Å². The van der Waals surface area contributed by atoms with E-state index in [1.807, 2.05) is 49.4 Å². The average molecular weight is 362 g/mol. The predicted molar refractivity (Wildman–Crippen MR) is 101 cm³/mol. The molecule has 1 unspecified atom stereocenters. The highest BCUT2D eigenvalue weighted by Crippen LogP contribution is 2.39. The molecule has 6 nitrogen and oxygen atoms in total. The quantitative estimate of drug-likeness (QED) is 0.717. The fraction of sp³-hybridized carbons (Fsp3) is 0.333. The molecule has 6 heteroatoms. The van der Waals surface area contributed by atoms with Crippen molar-refractivity contribution in [2.45, 2.75) is 44.6 Å². The van der Waals surface area contributed by atoms with E-state index in [1.165, 1.54) is 12.8 Å². The molecule has 1 amide bonds. The number of aromatic nitrogens is 3. The van der Waals surface area contributed by atoms with E-state index in [-0.39, 0.29) is 11.9 Å². The van der Waals surface area contributed by atoms with Crippen molar-refractivity contribution in [1.29, 1.82) is 0 Å². The smallest absolute Gasteiger partial charge is 0.239 e. The molecule has 27 heavy (non-hydrogen) atoms. The van der Waals surface area contributed by atoms with Crippen LogP contribution in [0.3, 0.4) is 0 Å². The lowest BCUT2D eigenvalue weighted by molar-refractivity contribution is -0.123. The third-order valence-electron chi connectivity index (χ3n) is 4.90. The van der Waals surface area contributed by atoms with Crippen LogP contribution in [0.2, 0.25) is 0 Å². The van der Waals surface area contributed by atoms with Gasteiger partial charge in [-0.15, -0.1) is 0 Å². The molecule has 1 N–H and O–H groups in total. The van der Waals surface area contributed by atoms with Gasteiger partial charge in [-0.2, -0.15) is 4.98 Å². The van der Waals surface area contributed by atoms with E-state index in [0.29, 0.717) is 17.6 Å². The summed E-state index contributed by atoms with van der Waals surface area (Å²) in [6.07, 6.45) is 4.15. The van der Waals surface area contributed by atoms with E-state index in [9.17, 15) is 4.79 Å². The Morgan fingerprint density at radius 1 is 1.19 bits per heavy atom. The summed E-state index contributed by atoms with van der Waals surface area (Å²) in [7, 11) is 0. The molecule has 2 atom stereocenters. The zero-order chi connectivity index (χ0) is 18.8. The van der Waals surface area contributed by atoms with E-state index in [2.05, 4.69) is 20.4 Å². The van der Waals surface area contributed by atoms with E-state index in [0.717, 1.165) is 16.8 Å². The lowest BCUT2D eigenvalue weighted by atomic mass is 10.1. The molecule has 1 fully saturated rings. The minimum Gasteiger partial charge on any atom is -0.349 e. The third kappa shape index (κ3) is 3.89. The number of carbonyl (C=O) groups excluding carboxylic acids is 1. The Kier molecular flexibility index (Phi) is 4.71. The summed E-state index contributed by atoms with van der Waals surface area (Å²) in [5.74, 6) is 0.690. The van der Waals surface area contributed by atoms with Crippen molar-refractivity contribution in [3.63, 3.8) is 0 Å². The van der Waals surface area contributed by atoms with Crippen molar-refractivity contribution in [3.8, 4) is 11.4 Å². The van der Waals surface area contributed by atoms with Crippen LogP contribution in [-0.2, 0) is 4.79 Å². The average Bonchev–Trinajstić information content (AvgIpc) is 3.44. The molecule has 2 aromatic heterocycles. The summed E-state index contributed by atoms with van der Waals surface area (Å²) in [6, 6.07) is 13.6. The van der Waals surface area contributed by atoms with Crippen molar-refractivity contribution in [1.82, 2.24) is 20.4 Å². The summed E-state index contributed by atoms with van der Waals surface area (Å²) >= 11 is 0. The van der Waals surface area contributed by atoms with Crippen molar-refractivity contribution >= 4 is 5.91 Å². The molecule has 1 aliphatic rings. The van der Waals surface area contributed by atoms with Crippen molar-refractivity contribution < 1.29 is 9.32 Å². The standard InChI is InChI=1S/C21H22N4O2/c1-13(20(26)23-14(2)15-6-4-3-5-7-15)21-24-19(25-27-21)17-10-11-22-18(12-17)16-8-9-16/h3-7,10-14,16H,8-9H2,1-2H3,(H,23,26)/t13?,14-/m1/s1. The van der Waals surface area contributed by atoms with Crippen LogP contribution >= 0.6 is 0 Å². The van der Waals surface area contributed by atoms with Crippen molar-refractivity contribution in [2.75, 3.05) is 0 Å². The summed E-state index contributed by atoms with van der Waals surface area (Å²) < 4.78 is 5.36. The van der Waals surface area contributed by atoms with Crippen LogP contribution in [-0.4, -0.2) is 21.0 Å². The second kappa shape index (κ2) is 7.31. The Balaban J connectivity index is 1.46. The van der Waals surface area contributed by atoms with Gasteiger partial charge >= 0.3 is 0 Å². The Morgan fingerprint density at radius 3 is 2.70 bits per heavy atom. The van der Waals surface area contributed by atoms with Crippen LogP contribution in [0.5, 0.6) is 0 Å². The minimum absolute atomic E-state index is 0.0927. The van der Waals surface area contributed by atoms with Crippen LogP contribution in [0.15, 0.2) is 53.2 Å². The summed E-state index contributed by atoms with van der Waals surface area (Å²) in [4.78, 5) is 21.4. The Labute approximate surface area is 158 Å². The summed E-state index contributed by atoms with van der Waals surface area (Å²) in [5, 5.41) is 7.05. The van der Waals surface area contributed by atoms with Crippen LogP contribution in [0.25, 0.3) is 11.4 Å². The maximum Gasteiger partial charge on any atom is 0.239 e. The fourth-order valence-electron chi connectivity index (χ4n) is 2.99. The van der Waals surface area contributed by atoms with Crippen LogP contribution < -0.4 is 5.32 Å². The normalized spacial score (nSPS) is 15.9. The van der Waals surface area contributed by atoms with Gasteiger partial charge in [0.05, 0.1) is 6.04 Å². The number of rotatable bonds is 6. The molecule has 1 aromatic carbocycles. The highest BCUT2D eigenvalue weighted by molar-refractivity contribution is 5.82. The molecule has 0 aliphatic heterocycles. The molecule has 4 rings (SSSR count). The van der Waals surface area contributed by atoms with Crippen molar-refractivity contribution in [3.05, 3.63) is 65.8 Å². The Hall–Kier alpha value is -3.02. The van der Waals surface area contributed by atoms with E-state index < -0.39 is 5.92 Å².